The van der Waals surface area contributed by atoms with Crippen molar-refractivity contribution in [1.82, 2.24) is 5.32 Å². The van der Waals surface area contributed by atoms with Gasteiger partial charge in [-0.1, -0.05) is 13.8 Å². The van der Waals surface area contributed by atoms with Crippen LogP contribution in [0.5, 0.6) is 0 Å². The van der Waals surface area contributed by atoms with Gasteiger partial charge in [-0.2, -0.15) is 0 Å². The number of benzene rings is 1. The second-order valence-corrected chi connectivity index (χ2v) is 5.38. The van der Waals surface area contributed by atoms with E-state index < -0.39 is 0 Å². The molecule has 0 aromatic heterocycles. The molecule has 94 valence electrons. The second kappa shape index (κ2) is 6.07. The Morgan fingerprint density at radius 3 is 2.47 bits per heavy atom. The predicted molar refractivity (Wildman–Crippen MR) is 71.5 cm³/mol. The Morgan fingerprint density at radius 1 is 1.35 bits per heavy atom. The fraction of sp³-hybridized carbons (Fsp3) is 0.462. The number of hydrogen-bond donors (Lipinski definition) is 3. The molecule has 1 aromatic carbocycles. The van der Waals surface area contributed by atoms with E-state index in [1.165, 1.54) is 0 Å². The lowest BCUT2D eigenvalue weighted by Gasteiger charge is -2.23. The van der Waals surface area contributed by atoms with Gasteiger partial charge in [0.05, 0.1) is 0 Å². The first-order valence-corrected chi connectivity index (χ1v) is 6.07. The quantitative estimate of drug-likeness (QED) is 0.704. The van der Waals surface area contributed by atoms with E-state index in [0.29, 0.717) is 18.5 Å². The van der Waals surface area contributed by atoms with Crippen LogP contribution in [0.25, 0.3) is 0 Å². The van der Waals surface area contributed by atoms with Gasteiger partial charge >= 0.3 is 0 Å². The second-order valence-electron chi connectivity index (χ2n) is 4.87. The van der Waals surface area contributed by atoms with Crippen molar-refractivity contribution in [2.45, 2.75) is 25.2 Å². The van der Waals surface area contributed by atoms with Crippen molar-refractivity contribution in [3.63, 3.8) is 0 Å². The lowest BCUT2D eigenvalue weighted by molar-refractivity contribution is 0.0928. The summed E-state index contributed by atoms with van der Waals surface area (Å²) >= 11 is 4.17. The molecular formula is C13H19NO2S. The van der Waals surface area contributed by atoms with Crippen LogP contribution in [-0.4, -0.2) is 24.2 Å². The zero-order chi connectivity index (χ0) is 12.9. The molecule has 1 amide bonds. The Labute approximate surface area is 108 Å². The van der Waals surface area contributed by atoms with Gasteiger partial charge in [-0.25, -0.2) is 0 Å². The minimum atomic E-state index is -0.0932. The maximum Gasteiger partial charge on any atom is 0.251 e. The number of aliphatic hydroxyl groups excluding tert-OH is 1. The summed E-state index contributed by atoms with van der Waals surface area (Å²) in [4.78, 5) is 12.6. The number of nitrogens with one attached hydrogen (secondary N) is 1. The Kier molecular flexibility index (Phi) is 5.02. The van der Waals surface area contributed by atoms with Crippen LogP contribution in [-0.2, 0) is 0 Å². The highest BCUT2D eigenvalue weighted by Crippen LogP contribution is 2.18. The molecule has 1 rings (SSSR count). The number of aliphatic hydroxyl groups is 1. The number of thiol groups is 1. The number of carbonyl (C=O) groups is 1. The first-order valence-electron chi connectivity index (χ1n) is 5.63. The number of carbonyl (C=O) groups excluding carboxylic acids is 1. The van der Waals surface area contributed by atoms with Gasteiger partial charge in [0.25, 0.3) is 5.91 Å². The summed E-state index contributed by atoms with van der Waals surface area (Å²) in [6.07, 6.45) is 0.670. The number of amides is 1. The Hall–Kier alpha value is -1.00. The molecule has 0 unspecified atom stereocenters. The summed E-state index contributed by atoms with van der Waals surface area (Å²) in [5.74, 6) is -0.0932. The molecule has 0 radical (unpaired) electrons. The van der Waals surface area contributed by atoms with Gasteiger partial charge in [-0.3, -0.25) is 4.79 Å². The van der Waals surface area contributed by atoms with Gasteiger partial charge in [-0.15, -0.1) is 12.6 Å². The summed E-state index contributed by atoms with van der Waals surface area (Å²) in [5.41, 5.74) is 0.538. The van der Waals surface area contributed by atoms with E-state index in [2.05, 4.69) is 17.9 Å². The van der Waals surface area contributed by atoms with Gasteiger partial charge in [0.2, 0.25) is 0 Å². The van der Waals surface area contributed by atoms with E-state index in [1.807, 2.05) is 13.8 Å². The molecule has 0 atom stereocenters. The van der Waals surface area contributed by atoms with E-state index in [0.717, 1.165) is 4.90 Å². The fourth-order valence-electron chi connectivity index (χ4n) is 1.43. The van der Waals surface area contributed by atoms with Crippen molar-refractivity contribution < 1.29 is 9.90 Å². The van der Waals surface area contributed by atoms with Crippen LogP contribution in [0.1, 0.15) is 30.6 Å². The largest absolute Gasteiger partial charge is 0.396 e. The van der Waals surface area contributed by atoms with Crippen LogP contribution in [0.3, 0.4) is 0 Å². The molecule has 0 fully saturated rings. The van der Waals surface area contributed by atoms with E-state index in [-0.39, 0.29) is 17.9 Å². The van der Waals surface area contributed by atoms with Crippen LogP contribution in [0.4, 0.5) is 0 Å². The summed E-state index contributed by atoms with van der Waals surface area (Å²) < 4.78 is 0. The van der Waals surface area contributed by atoms with E-state index >= 15 is 0 Å². The maximum atomic E-state index is 11.8. The topological polar surface area (TPSA) is 49.3 Å². The highest BCUT2D eigenvalue weighted by Gasteiger charge is 2.18. The fourth-order valence-corrected chi connectivity index (χ4v) is 1.57. The minimum absolute atomic E-state index is 0.0894. The van der Waals surface area contributed by atoms with Gasteiger partial charge in [0.1, 0.15) is 0 Å². The van der Waals surface area contributed by atoms with Gasteiger partial charge in [0, 0.05) is 23.6 Å². The smallest absolute Gasteiger partial charge is 0.251 e. The molecule has 17 heavy (non-hydrogen) atoms. The molecule has 0 heterocycles. The third-order valence-corrected chi connectivity index (χ3v) is 2.94. The van der Waals surface area contributed by atoms with Crippen molar-refractivity contribution in [2.75, 3.05) is 13.2 Å². The van der Waals surface area contributed by atoms with Crippen LogP contribution < -0.4 is 5.32 Å². The Balaban J connectivity index is 2.53. The summed E-state index contributed by atoms with van der Waals surface area (Å²) in [6.45, 7) is 4.72. The van der Waals surface area contributed by atoms with Gasteiger partial charge in [-0.05, 0) is 36.1 Å². The first-order chi connectivity index (χ1) is 7.94. The minimum Gasteiger partial charge on any atom is -0.396 e. The van der Waals surface area contributed by atoms with E-state index in [9.17, 15) is 4.79 Å². The van der Waals surface area contributed by atoms with E-state index in [4.69, 9.17) is 5.11 Å². The third kappa shape index (κ3) is 4.79. The molecule has 0 aliphatic heterocycles. The highest BCUT2D eigenvalue weighted by molar-refractivity contribution is 7.80. The van der Waals surface area contributed by atoms with Crippen LogP contribution in [0.15, 0.2) is 29.2 Å². The van der Waals surface area contributed by atoms with Crippen molar-refractivity contribution in [1.29, 1.82) is 0 Å². The van der Waals surface area contributed by atoms with Crippen LogP contribution >= 0.6 is 12.6 Å². The average molecular weight is 253 g/mol. The molecule has 0 aliphatic rings. The maximum absolute atomic E-state index is 11.8. The molecule has 2 N–H and O–H groups in total. The summed E-state index contributed by atoms with van der Waals surface area (Å²) in [7, 11) is 0. The van der Waals surface area contributed by atoms with Crippen molar-refractivity contribution >= 4 is 18.5 Å². The summed E-state index contributed by atoms with van der Waals surface area (Å²) in [5, 5.41) is 11.8. The Bertz CT molecular complexity index is 374. The molecule has 3 nitrogen and oxygen atoms in total. The van der Waals surface area contributed by atoms with Crippen molar-refractivity contribution in [2.24, 2.45) is 5.41 Å². The normalized spacial score (nSPS) is 11.3. The predicted octanol–water partition coefficient (Wildman–Crippen LogP) is 2.11. The molecule has 4 heteroatoms. The average Bonchev–Trinajstić information content (AvgIpc) is 2.27. The lowest BCUT2D eigenvalue weighted by Crippen LogP contribution is -2.34. The number of hydrogen-bond acceptors (Lipinski definition) is 3. The standard InChI is InChI=1S/C13H19NO2S/c1-13(2,7-8-15)9-14-12(16)10-3-5-11(17)6-4-10/h3-6,15,17H,7-9H2,1-2H3,(H,14,16). The molecule has 0 spiro atoms. The van der Waals surface area contributed by atoms with E-state index in [1.54, 1.807) is 24.3 Å². The zero-order valence-electron chi connectivity index (χ0n) is 10.2. The van der Waals surface area contributed by atoms with Crippen LogP contribution in [0, 0.1) is 5.41 Å². The molecule has 0 bridgehead atoms. The first kappa shape index (κ1) is 14.1. The molecular weight excluding hydrogens is 234 g/mol. The van der Waals surface area contributed by atoms with Gasteiger partial charge < -0.3 is 10.4 Å². The monoisotopic (exact) mass is 253 g/mol. The SMILES string of the molecule is CC(C)(CCO)CNC(=O)c1ccc(S)cc1. The lowest BCUT2D eigenvalue weighted by atomic mass is 9.89. The van der Waals surface area contributed by atoms with Gasteiger partial charge in [0.15, 0.2) is 0 Å². The van der Waals surface area contributed by atoms with Crippen molar-refractivity contribution in [3.05, 3.63) is 29.8 Å². The molecule has 0 saturated carbocycles. The number of rotatable bonds is 5. The molecule has 0 aliphatic carbocycles. The molecule has 1 aromatic rings. The Morgan fingerprint density at radius 2 is 1.94 bits per heavy atom. The van der Waals surface area contributed by atoms with Crippen molar-refractivity contribution in [3.8, 4) is 0 Å². The highest BCUT2D eigenvalue weighted by atomic mass is 32.1. The van der Waals surface area contributed by atoms with Crippen LogP contribution in [0.2, 0.25) is 0 Å². The third-order valence-electron chi connectivity index (χ3n) is 2.65. The zero-order valence-corrected chi connectivity index (χ0v) is 11.1. The summed E-state index contributed by atoms with van der Waals surface area (Å²) in [6, 6.07) is 7.07. The molecule has 0 saturated heterocycles.